The van der Waals surface area contributed by atoms with E-state index in [4.69, 9.17) is 10.5 Å². The minimum Gasteiger partial charge on any atom is -0.497 e. The Labute approximate surface area is 129 Å². The second kappa shape index (κ2) is 7.28. The van der Waals surface area contributed by atoms with Gasteiger partial charge in [0.25, 0.3) is 0 Å². The molecule has 1 heterocycles. The highest BCUT2D eigenvalue weighted by molar-refractivity contribution is 5.28. The van der Waals surface area contributed by atoms with Crippen molar-refractivity contribution in [2.45, 2.75) is 57.5 Å². The molecule has 1 aliphatic heterocycles. The molecule has 1 fully saturated rings. The van der Waals surface area contributed by atoms with Crippen LogP contribution in [0.25, 0.3) is 0 Å². The van der Waals surface area contributed by atoms with Crippen LogP contribution in [0, 0.1) is 0 Å². The fourth-order valence-electron chi connectivity index (χ4n) is 3.55. The Hall–Kier alpha value is -1.06. The molecule has 1 aromatic rings. The number of benzene rings is 1. The first-order valence-corrected chi connectivity index (χ1v) is 8.19. The number of methoxy groups -OCH3 is 1. The molecule has 0 radical (unpaired) electrons. The number of ether oxygens (including phenoxy) is 1. The van der Waals surface area contributed by atoms with Gasteiger partial charge in [-0.3, -0.25) is 4.90 Å². The second-order valence-corrected chi connectivity index (χ2v) is 6.62. The predicted molar refractivity (Wildman–Crippen MR) is 88.8 cm³/mol. The van der Waals surface area contributed by atoms with Crippen LogP contribution < -0.4 is 10.5 Å². The highest BCUT2D eigenvalue weighted by Crippen LogP contribution is 2.28. The first-order valence-electron chi connectivity index (χ1n) is 8.19. The first-order chi connectivity index (χ1) is 10.1. The summed E-state index contributed by atoms with van der Waals surface area (Å²) in [5.41, 5.74) is 7.56. The smallest absolute Gasteiger partial charge is 0.118 e. The van der Waals surface area contributed by atoms with Crippen LogP contribution in [0.1, 0.15) is 45.1 Å². The Balaban J connectivity index is 2.14. The quantitative estimate of drug-likeness (QED) is 0.905. The van der Waals surface area contributed by atoms with Gasteiger partial charge in [-0.1, -0.05) is 25.0 Å². The Morgan fingerprint density at radius 1 is 1.24 bits per heavy atom. The van der Waals surface area contributed by atoms with Crippen molar-refractivity contribution >= 4 is 0 Å². The molecular formula is C18H30N2O. The Kier molecular flexibility index (Phi) is 5.65. The maximum absolute atomic E-state index is 6.19. The lowest BCUT2D eigenvalue weighted by Gasteiger charge is -2.44. The number of hydrogen-bond acceptors (Lipinski definition) is 3. The molecule has 0 aliphatic carbocycles. The zero-order valence-corrected chi connectivity index (χ0v) is 13.8. The van der Waals surface area contributed by atoms with Crippen molar-refractivity contribution in [1.29, 1.82) is 0 Å². The third-order valence-corrected chi connectivity index (χ3v) is 4.93. The highest BCUT2D eigenvalue weighted by atomic mass is 16.5. The van der Waals surface area contributed by atoms with Crippen molar-refractivity contribution in [3.05, 3.63) is 29.8 Å². The highest BCUT2D eigenvalue weighted by Gasteiger charge is 2.34. The predicted octanol–water partition coefficient (Wildman–Crippen LogP) is 3.22. The van der Waals surface area contributed by atoms with Crippen molar-refractivity contribution in [2.24, 2.45) is 5.73 Å². The van der Waals surface area contributed by atoms with E-state index in [2.05, 4.69) is 30.9 Å². The lowest BCUT2D eigenvalue weighted by Crippen LogP contribution is -2.56. The van der Waals surface area contributed by atoms with Gasteiger partial charge in [-0.15, -0.1) is 0 Å². The number of likely N-dealkylation sites (tertiary alicyclic amines) is 1. The molecule has 0 bridgehead atoms. The van der Waals surface area contributed by atoms with Gasteiger partial charge in [0, 0.05) is 18.1 Å². The molecule has 3 nitrogen and oxygen atoms in total. The maximum atomic E-state index is 6.19. The van der Waals surface area contributed by atoms with Crippen LogP contribution in [0.3, 0.4) is 0 Å². The topological polar surface area (TPSA) is 38.5 Å². The normalized spacial score (nSPS) is 23.3. The van der Waals surface area contributed by atoms with E-state index in [9.17, 15) is 0 Å². The maximum Gasteiger partial charge on any atom is 0.118 e. The Morgan fingerprint density at radius 3 is 2.57 bits per heavy atom. The van der Waals surface area contributed by atoms with Gasteiger partial charge in [-0.2, -0.15) is 0 Å². The molecular weight excluding hydrogens is 260 g/mol. The first kappa shape index (κ1) is 16.3. The number of rotatable bonds is 5. The molecule has 2 unspecified atom stereocenters. The Morgan fingerprint density at radius 2 is 1.95 bits per heavy atom. The Bertz CT molecular complexity index is 431. The van der Waals surface area contributed by atoms with Crippen LogP contribution in [0.2, 0.25) is 0 Å². The molecule has 0 saturated carbocycles. The van der Waals surface area contributed by atoms with E-state index < -0.39 is 0 Å². The third-order valence-electron chi connectivity index (χ3n) is 4.93. The third kappa shape index (κ3) is 3.98. The average Bonchev–Trinajstić information content (AvgIpc) is 2.73. The van der Waals surface area contributed by atoms with Crippen LogP contribution in [-0.4, -0.2) is 36.7 Å². The van der Waals surface area contributed by atoms with E-state index in [-0.39, 0.29) is 5.54 Å². The zero-order chi connectivity index (χ0) is 15.3. The van der Waals surface area contributed by atoms with Gasteiger partial charge < -0.3 is 10.5 Å². The van der Waals surface area contributed by atoms with Crippen molar-refractivity contribution in [3.63, 3.8) is 0 Å². The van der Waals surface area contributed by atoms with Crippen molar-refractivity contribution in [2.75, 3.05) is 20.2 Å². The summed E-state index contributed by atoms with van der Waals surface area (Å²) in [4.78, 5) is 2.64. The van der Waals surface area contributed by atoms with Crippen molar-refractivity contribution in [1.82, 2.24) is 4.90 Å². The molecule has 2 rings (SSSR count). The molecule has 1 aromatic carbocycles. The molecule has 2 atom stereocenters. The summed E-state index contributed by atoms with van der Waals surface area (Å²) in [7, 11) is 1.71. The zero-order valence-electron chi connectivity index (χ0n) is 13.8. The van der Waals surface area contributed by atoms with Crippen molar-refractivity contribution in [3.8, 4) is 5.75 Å². The van der Waals surface area contributed by atoms with E-state index >= 15 is 0 Å². The molecule has 3 heteroatoms. The summed E-state index contributed by atoms with van der Waals surface area (Å²) >= 11 is 0. The second-order valence-electron chi connectivity index (χ2n) is 6.62. The van der Waals surface area contributed by atoms with Gasteiger partial charge in [0.2, 0.25) is 0 Å². The minimum atomic E-state index is 0.0400. The lowest BCUT2D eigenvalue weighted by atomic mass is 9.89. The van der Waals surface area contributed by atoms with E-state index in [1.165, 1.54) is 37.8 Å². The number of nitrogens with two attached hydrogens (primary N) is 1. The van der Waals surface area contributed by atoms with Crippen LogP contribution in [0.5, 0.6) is 5.75 Å². The van der Waals surface area contributed by atoms with E-state index in [0.717, 1.165) is 12.2 Å². The van der Waals surface area contributed by atoms with Crippen LogP contribution in [0.4, 0.5) is 0 Å². The molecule has 0 spiro atoms. The molecule has 21 heavy (non-hydrogen) atoms. The van der Waals surface area contributed by atoms with Gasteiger partial charge in [0.15, 0.2) is 0 Å². The fraction of sp³-hybridized carbons (Fsp3) is 0.667. The average molecular weight is 290 g/mol. The van der Waals surface area contributed by atoms with E-state index in [1.54, 1.807) is 7.11 Å². The number of nitrogens with zero attached hydrogens (tertiary/aromatic N) is 1. The molecule has 118 valence electrons. The van der Waals surface area contributed by atoms with Gasteiger partial charge >= 0.3 is 0 Å². The molecule has 0 amide bonds. The van der Waals surface area contributed by atoms with Crippen LogP contribution in [0.15, 0.2) is 24.3 Å². The van der Waals surface area contributed by atoms with Gasteiger partial charge in [0.1, 0.15) is 5.75 Å². The summed E-state index contributed by atoms with van der Waals surface area (Å²) in [5, 5.41) is 0. The van der Waals surface area contributed by atoms with E-state index in [0.29, 0.717) is 12.6 Å². The summed E-state index contributed by atoms with van der Waals surface area (Å²) in [6.07, 6.45) is 6.28. The van der Waals surface area contributed by atoms with Crippen molar-refractivity contribution < 1.29 is 4.74 Å². The fourth-order valence-corrected chi connectivity index (χ4v) is 3.55. The molecule has 1 saturated heterocycles. The SMILES string of the molecule is COc1ccc(CC(C)(CN)N2CCCCCC2C)cc1. The van der Waals surface area contributed by atoms with E-state index in [1.807, 2.05) is 12.1 Å². The van der Waals surface area contributed by atoms with Gasteiger partial charge in [-0.25, -0.2) is 0 Å². The number of hydrogen-bond donors (Lipinski definition) is 1. The monoisotopic (exact) mass is 290 g/mol. The van der Waals surface area contributed by atoms with Crippen LogP contribution in [-0.2, 0) is 6.42 Å². The largest absolute Gasteiger partial charge is 0.497 e. The summed E-state index contributed by atoms with van der Waals surface area (Å²) in [5.74, 6) is 0.913. The minimum absolute atomic E-state index is 0.0400. The summed E-state index contributed by atoms with van der Waals surface area (Å²) in [6, 6.07) is 9.03. The molecule has 1 aliphatic rings. The summed E-state index contributed by atoms with van der Waals surface area (Å²) < 4.78 is 5.24. The van der Waals surface area contributed by atoms with Gasteiger partial charge in [-0.05, 0) is 57.4 Å². The lowest BCUT2D eigenvalue weighted by molar-refractivity contribution is 0.0712. The standard InChI is InChI=1S/C18H30N2O/c1-15-7-5-4-6-12-20(15)18(2,14-19)13-16-8-10-17(21-3)11-9-16/h8-11,15H,4-7,12-14,19H2,1-3H3. The van der Waals surface area contributed by atoms with Crippen LogP contribution >= 0.6 is 0 Å². The summed E-state index contributed by atoms with van der Waals surface area (Å²) in [6.45, 7) is 6.54. The van der Waals surface area contributed by atoms with Gasteiger partial charge in [0.05, 0.1) is 7.11 Å². The molecule has 0 aromatic heterocycles. The molecule has 2 N–H and O–H groups in total.